The number of likely N-dealkylation sites (tertiary alicyclic amines) is 1. The molecule has 0 aromatic heterocycles. The van der Waals surface area contributed by atoms with E-state index in [1.807, 2.05) is 18.7 Å². The summed E-state index contributed by atoms with van der Waals surface area (Å²) in [6.45, 7) is 4.26. The van der Waals surface area contributed by atoms with Crippen LogP contribution in [0.4, 0.5) is 5.69 Å². The van der Waals surface area contributed by atoms with Crippen LogP contribution in [0.1, 0.15) is 56.3 Å². The molecule has 1 aliphatic heterocycles. The summed E-state index contributed by atoms with van der Waals surface area (Å²) in [5.74, 6) is -0.693. The number of carbonyl (C=O) groups is 3. The van der Waals surface area contributed by atoms with Crippen LogP contribution >= 0.6 is 0 Å². The highest BCUT2D eigenvalue weighted by Crippen LogP contribution is 2.30. The molecule has 0 spiro atoms. The van der Waals surface area contributed by atoms with E-state index >= 15 is 0 Å². The minimum atomic E-state index is -0.357. The molecule has 1 aromatic carbocycles. The zero-order chi connectivity index (χ0) is 18.7. The van der Waals surface area contributed by atoms with Crippen LogP contribution in [0.3, 0.4) is 0 Å². The first-order valence-corrected chi connectivity index (χ1v) is 9.46. The molecule has 3 rings (SSSR count). The van der Waals surface area contributed by atoms with Gasteiger partial charge in [0.1, 0.15) is 0 Å². The molecule has 1 aromatic rings. The molecular formula is C20H27N3O3. The largest absolute Gasteiger partial charge is 0.350 e. The summed E-state index contributed by atoms with van der Waals surface area (Å²) in [7, 11) is 0. The molecule has 1 heterocycles. The van der Waals surface area contributed by atoms with Gasteiger partial charge in [-0.1, -0.05) is 25.0 Å². The van der Waals surface area contributed by atoms with Gasteiger partial charge >= 0.3 is 0 Å². The van der Waals surface area contributed by atoms with Gasteiger partial charge in [0.15, 0.2) is 0 Å². The van der Waals surface area contributed by atoms with Crippen LogP contribution in [0, 0.1) is 5.92 Å². The van der Waals surface area contributed by atoms with Crippen LogP contribution in [-0.4, -0.2) is 41.2 Å². The summed E-state index contributed by atoms with van der Waals surface area (Å²) < 4.78 is 0. The van der Waals surface area contributed by atoms with Crippen molar-refractivity contribution in [1.29, 1.82) is 0 Å². The molecule has 1 aliphatic carbocycles. The van der Waals surface area contributed by atoms with Crippen molar-refractivity contribution in [2.45, 2.75) is 58.0 Å². The summed E-state index contributed by atoms with van der Waals surface area (Å²) in [5.41, 5.74) is 0.925. The van der Waals surface area contributed by atoms with Crippen LogP contribution in [0.2, 0.25) is 0 Å². The van der Waals surface area contributed by atoms with Gasteiger partial charge in [0.2, 0.25) is 11.8 Å². The second-order valence-electron chi connectivity index (χ2n) is 7.55. The lowest BCUT2D eigenvalue weighted by Crippen LogP contribution is -2.35. The molecule has 2 N–H and O–H groups in total. The lowest BCUT2D eigenvalue weighted by Gasteiger charge is -2.24. The lowest BCUT2D eigenvalue weighted by atomic mass is 10.1. The number of hydrogen-bond donors (Lipinski definition) is 2. The topological polar surface area (TPSA) is 78.5 Å². The number of amides is 3. The summed E-state index contributed by atoms with van der Waals surface area (Å²) in [6.07, 6.45) is 4.65. The Bertz CT molecular complexity index is 695. The minimum absolute atomic E-state index is 0.0127. The Labute approximate surface area is 154 Å². The fraction of sp³-hybridized carbons (Fsp3) is 0.550. The number of nitrogens with zero attached hydrogens (tertiary/aromatic N) is 1. The zero-order valence-corrected chi connectivity index (χ0v) is 15.5. The molecule has 2 aliphatic rings. The Hall–Kier alpha value is -2.37. The van der Waals surface area contributed by atoms with E-state index in [9.17, 15) is 14.4 Å². The molecule has 1 atom stereocenters. The molecule has 0 radical (unpaired) electrons. The van der Waals surface area contributed by atoms with Gasteiger partial charge in [0.25, 0.3) is 5.91 Å². The average molecular weight is 357 g/mol. The summed E-state index contributed by atoms with van der Waals surface area (Å²) in [6, 6.07) is 7.28. The van der Waals surface area contributed by atoms with Gasteiger partial charge in [-0.2, -0.15) is 0 Å². The SMILES string of the molecule is CC(C)NC(=O)c1ccccc1NC(=O)[C@H]1CC(=O)N(C2CCCC2)C1. The van der Waals surface area contributed by atoms with E-state index in [1.54, 1.807) is 24.3 Å². The van der Waals surface area contributed by atoms with E-state index in [1.165, 1.54) is 0 Å². The van der Waals surface area contributed by atoms with Gasteiger partial charge in [-0.05, 0) is 38.8 Å². The van der Waals surface area contributed by atoms with Gasteiger partial charge in [-0.3, -0.25) is 14.4 Å². The van der Waals surface area contributed by atoms with Crippen molar-refractivity contribution in [2.24, 2.45) is 5.92 Å². The number of rotatable bonds is 5. The second-order valence-corrected chi connectivity index (χ2v) is 7.55. The highest BCUT2D eigenvalue weighted by molar-refractivity contribution is 6.05. The maximum absolute atomic E-state index is 12.7. The van der Waals surface area contributed by atoms with Crippen molar-refractivity contribution in [1.82, 2.24) is 10.2 Å². The molecule has 140 valence electrons. The molecule has 3 amide bonds. The normalized spacial score (nSPS) is 20.7. The number of carbonyl (C=O) groups excluding carboxylic acids is 3. The van der Waals surface area contributed by atoms with Crippen LogP contribution in [0.5, 0.6) is 0 Å². The Balaban J connectivity index is 1.67. The standard InChI is InChI=1S/C20H27N3O3/c1-13(2)21-20(26)16-9-5-6-10-17(16)22-19(25)14-11-18(24)23(12-14)15-7-3-4-8-15/h5-6,9-10,13-15H,3-4,7-8,11-12H2,1-2H3,(H,21,26)(H,22,25)/t14-/m0/s1. The Morgan fingerprint density at radius 1 is 1.15 bits per heavy atom. The molecule has 2 fully saturated rings. The van der Waals surface area contributed by atoms with Crippen molar-refractivity contribution < 1.29 is 14.4 Å². The van der Waals surface area contributed by atoms with Crippen LogP contribution in [0.15, 0.2) is 24.3 Å². The predicted octanol–water partition coefficient (Wildman–Crippen LogP) is 2.55. The molecule has 1 saturated heterocycles. The maximum atomic E-state index is 12.7. The number of para-hydroxylation sites is 1. The van der Waals surface area contributed by atoms with E-state index in [4.69, 9.17) is 0 Å². The van der Waals surface area contributed by atoms with E-state index < -0.39 is 0 Å². The first-order chi connectivity index (χ1) is 12.5. The fourth-order valence-corrected chi connectivity index (χ4v) is 3.84. The first-order valence-electron chi connectivity index (χ1n) is 9.46. The highest BCUT2D eigenvalue weighted by Gasteiger charge is 2.38. The maximum Gasteiger partial charge on any atom is 0.253 e. The van der Waals surface area contributed by atoms with Crippen LogP contribution in [-0.2, 0) is 9.59 Å². The number of nitrogens with one attached hydrogen (secondary N) is 2. The van der Waals surface area contributed by atoms with Crippen LogP contribution in [0.25, 0.3) is 0 Å². The second kappa shape index (κ2) is 7.89. The smallest absolute Gasteiger partial charge is 0.253 e. The lowest BCUT2D eigenvalue weighted by molar-refractivity contribution is -0.129. The fourth-order valence-electron chi connectivity index (χ4n) is 3.84. The molecule has 0 unspecified atom stereocenters. The molecule has 26 heavy (non-hydrogen) atoms. The molecule has 6 nitrogen and oxygen atoms in total. The average Bonchev–Trinajstić information content (AvgIpc) is 3.23. The van der Waals surface area contributed by atoms with Gasteiger partial charge in [-0.15, -0.1) is 0 Å². The van der Waals surface area contributed by atoms with Crippen molar-refractivity contribution in [2.75, 3.05) is 11.9 Å². The third-order valence-electron chi connectivity index (χ3n) is 5.14. The van der Waals surface area contributed by atoms with E-state index in [-0.39, 0.29) is 36.1 Å². The molecule has 0 bridgehead atoms. The number of anilines is 1. The Morgan fingerprint density at radius 2 is 1.85 bits per heavy atom. The summed E-state index contributed by atoms with van der Waals surface area (Å²) >= 11 is 0. The van der Waals surface area contributed by atoms with E-state index in [2.05, 4.69) is 10.6 Å². The number of benzene rings is 1. The monoisotopic (exact) mass is 357 g/mol. The molecule has 1 saturated carbocycles. The van der Waals surface area contributed by atoms with Gasteiger partial charge < -0.3 is 15.5 Å². The quantitative estimate of drug-likeness (QED) is 0.850. The van der Waals surface area contributed by atoms with Gasteiger partial charge in [0, 0.05) is 25.0 Å². The number of hydrogen-bond acceptors (Lipinski definition) is 3. The van der Waals surface area contributed by atoms with Crippen molar-refractivity contribution >= 4 is 23.4 Å². The van der Waals surface area contributed by atoms with E-state index in [0.717, 1.165) is 25.7 Å². The van der Waals surface area contributed by atoms with E-state index in [0.29, 0.717) is 23.8 Å². The molecule has 6 heteroatoms. The zero-order valence-electron chi connectivity index (χ0n) is 15.5. The molecular weight excluding hydrogens is 330 g/mol. The predicted molar refractivity (Wildman–Crippen MR) is 99.7 cm³/mol. The summed E-state index contributed by atoms with van der Waals surface area (Å²) in [5, 5.41) is 5.70. The van der Waals surface area contributed by atoms with Crippen molar-refractivity contribution in [3.8, 4) is 0 Å². The summed E-state index contributed by atoms with van der Waals surface area (Å²) in [4.78, 5) is 39.2. The Morgan fingerprint density at radius 3 is 2.54 bits per heavy atom. The third kappa shape index (κ3) is 4.06. The first kappa shape index (κ1) is 18.4. The highest BCUT2D eigenvalue weighted by atomic mass is 16.2. The van der Waals surface area contributed by atoms with Gasteiger partial charge in [0.05, 0.1) is 17.2 Å². The van der Waals surface area contributed by atoms with Crippen LogP contribution < -0.4 is 10.6 Å². The minimum Gasteiger partial charge on any atom is -0.350 e. The Kier molecular flexibility index (Phi) is 5.59. The van der Waals surface area contributed by atoms with Gasteiger partial charge in [-0.25, -0.2) is 0 Å². The van der Waals surface area contributed by atoms with Crippen molar-refractivity contribution in [3.63, 3.8) is 0 Å². The third-order valence-corrected chi connectivity index (χ3v) is 5.14. The van der Waals surface area contributed by atoms with Crippen molar-refractivity contribution in [3.05, 3.63) is 29.8 Å².